The Kier molecular flexibility index (Phi) is 9.98. The molecule has 4 N–H and O–H groups in total. The second-order valence-corrected chi connectivity index (χ2v) is 9.70. The molecular weight excluding hydrogens is 488 g/mol. The number of benzene rings is 2. The molecule has 202 valence electrons. The molecule has 0 aliphatic carbocycles. The van der Waals surface area contributed by atoms with Crippen LogP contribution in [0.4, 0.5) is 4.79 Å². The maximum absolute atomic E-state index is 13.2. The normalized spacial score (nSPS) is 16.6. The fourth-order valence-electron chi connectivity index (χ4n) is 4.27. The largest absolute Gasteiger partial charge is 0.444 e. The molecule has 1 heterocycles. The summed E-state index contributed by atoms with van der Waals surface area (Å²) in [6.45, 7) is 3.72. The number of hydrogen-bond donors (Lipinski definition) is 3. The first-order chi connectivity index (χ1) is 18.2. The van der Waals surface area contributed by atoms with Gasteiger partial charge < -0.3 is 21.1 Å². The number of imide groups is 1. The molecule has 1 aliphatic heterocycles. The van der Waals surface area contributed by atoms with Gasteiger partial charge in [-0.1, -0.05) is 74.5 Å². The zero-order valence-corrected chi connectivity index (χ0v) is 21.6. The van der Waals surface area contributed by atoms with Crippen LogP contribution in [0.2, 0.25) is 0 Å². The second-order valence-electron chi connectivity index (χ2n) is 9.70. The molecule has 1 saturated heterocycles. The maximum atomic E-state index is 13.2. The van der Waals surface area contributed by atoms with E-state index in [9.17, 15) is 24.0 Å². The van der Waals surface area contributed by atoms with Crippen LogP contribution in [0.15, 0.2) is 60.7 Å². The Balaban J connectivity index is 1.67. The van der Waals surface area contributed by atoms with E-state index in [2.05, 4.69) is 10.6 Å². The summed E-state index contributed by atoms with van der Waals surface area (Å²) in [6.07, 6.45) is -0.340. The Morgan fingerprint density at radius 2 is 1.55 bits per heavy atom. The van der Waals surface area contributed by atoms with Crippen LogP contribution >= 0.6 is 0 Å². The van der Waals surface area contributed by atoms with Crippen molar-refractivity contribution in [2.45, 2.75) is 64.3 Å². The summed E-state index contributed by atoms with van der Waals surface area (Å²) in [5.74, 6) is -2.43. The lowest BCUT2D eigenvalue weighted by Gasteiger charge is -2.26. The summed E-state index contributed by atoms with van der Waals surface area (Å²) in [4.78, 5) is 64.4. The summed E-state index contributed by atoms with van der Waals surface area (Å²) < 4.78 is 5.27. The molecule has 0 radical (unpaired) electrons. The lowest BCUT2D eigenvalue weighted by molar-refractivity contribution is -0.136. The molecule has 0 aromatic heterocycles. The highest BCUT2D eigenvalue weighted by atomic mass is 16.6. The summed E-state index contributed by atoms with van der Waals surface area (Å²) in [5, 5.41) is 5.32. The lowest BCUT2D eigenvalue weighted by Crippen LogP contribution is -2.57. The molecule has 3 rings (SSSR count). The minimum Gasteiger partial charge on any atom is -0.444 e. The lowest BCUT2D eigenvalue weighted by atomic mass is 10.0. The van der Waals surface area contributed by atoms with Gasteiger partial charge in [0.2, 0.25) is 23.6 Å². The van der Waals surface area contributed by atoms with Crippen LogP contribution in [0.25, 0.3) is 0 Å². The smallest absolute Gasteiger partial charge is 0.417 e. The van der Waals surface area contributed by atoms with Gasteiger partial charge in [0.05, 0.1) is 0 Å². The van der Waals surface area contributed by atoms with E-state index in [-0.39, 0.29) is 38.2 Å². The van der Waals surface area contributed by atoms with Crippen LogP contribution < -0.4 is 16.4 Å². The fraction of sp³-hybridized carbons (Fsp3) is 0.393. The highest BCUT2D eigenvalue weighted by Crippen LogP contribution is 2.21. The zero-order valence-electron chi connectivity index (χ0n) is 21.6. The molecule has 1 aliphatic rings. The molecule has 10 nitrogen and oxygen atoms in total. The summed E-state index contributed by atoms with van der Waals surface area (Å²) in [5.41, 5.74) is 7.09. The van der Waals surface area contributed by atoms with Crippen molar-refractivity contribution in [3.05, 3.63) is 71.8 Å². The van der Waals surface area contributed by atoms with Crippen molar-refractivity contribution in [2.24, 2.45) is 11.7 Å². The number of nitrogens with two attached hydrogens (primary N) is 1. The third kappa shape index (κ3) is 7.89. The van der Waals surface area contributed by atoms with Crippen LogP contribution in [0.5, 0.6) is 0 Å². The van der Waals surface area contributed by atoms with E-state index in [1.165, 1.54) is 0 Å². The van der Waals surface area contributed by atoms with Crippen molar-refractivity contribution < 1.29 is 28.7 Å². The van der Waals surface area contributed by atoms with E-state index in [1.54, 1.807) is 24.3 Å². The minimum absolute atomic E-state index is 0.000389. The fourth-order valence-corrected chi connectivity index (χ4v) is 4.27. The van der Waals surface area contributed by atoms with Gasteiger partial charge in [0.1, 0.15) is 24.7 Å². The van der Waals surface area contributed by atoms with Gasteiger partial charge in [0.15, 0.2) is 0 Å². The van der Waals surface area contributed by atoms with Gasteiger partial charge in [-0.2, -0.15) is 0 Å². The Morgan fingerprint density at radius 3 is 2.13 bits per heavy atom. The predicted molar refractivity (Wildman–Crippen MR) is 139 cm³/mol. The Labute approximate surface area is 221 Å². The van der Waals surface area contributed by atoms with E-state index in [0.29, 0.717) is 0 Å². The van der Waals surface area contributed by atoms with Crippen LogP contribution in [-0.4, -0.2) is 52.7 Å². The number of hydrogen-bond acceptors (Lipinski definition) is 6. The van der Waals surface area contributed by atoms with Crippen LogP contribution in [0, 0.1) is 5.92 Å². The quantitative estimate of drug-likeness (QED) is 0.411. The highest BCUT2D eigenvalue weighted by molar-refractivity contribution is 6.01. The summed E-state index contributed by atoms with van der Waals surface area (Å²) in [6, 6.07) is 15.0. The molecule has 5 amide bonds. The average Bonchev–Trinajstić information content (AvgIpc) is 3.28. The number of ether oxygens (including phenoxy) is 1. The van der Waals surface area contributed by atoms with Gasteiger partial charge in [-0.15, -0.1) is 0 Å². The van der Waals surface area contributed by atoms with E-state index >= 15 is 0 Å². The molecule has 0 bridgehead atoms. The number of nitrogens with one attached hydrogen (secondary N) is 2. The van der Waals surface area contributed by atoms with Gasteiger partial charge in [-0.3, -0.25) is 19.2 Å². The molecule has 0 unspecified atom stereocenters. The van der Waals surface area contributed by atoms with Gasteiger partial charge in [0.25, 0.3) is 0 Å². The number of primary amides is 1. The van der Waals surface area contributed by atoms with Crippen molar-refractivity contribution in [1.82, 2.24) is 15.5 Å². The van der Waals surface area contributed by atoms with E-state index in [0.717, 1.165) is 16.0 Å². The van der Waals surface area contributed by atoms with Crippen LogP contribution in [-0.2, 0) is 36.9 Å². The van der Waals surface area contributed by atoms with E-state index in [1.807, 2.05) is 50.2 Å². The van der Waals surface area contributed by atoms with Crippen molar-refractivity contribution >= 4 is 29.7 Å². The standard InChI is InChI=1S/C28H34N4O6/c1-18(2)15-22(26(35)30-21(25(29)34)16-19-9-5-3-6-10-19)31-27(36)23-13-14-24(33)32(23)28(37)38-17-20-11-7-4-8-12-20/h3-12,18,21-23H,13-17H2,1-2H3,(H2,29,34)(H,30,35)(H,31,36)/t21-,22-,23+/m0/s1. The Hall–Kier alpha value is -4.21. The maximum Gasteiger partial charge on any atom is 0.417 e. The number of likely N-dealkylation sites (tertiary alicyclic amines) is 1. The monoisotopic (exact) mass is 522 g/mol. The van der Waals surface area contributed by atoms with Gasteiger partial charge in [-0.05, 0) is 29.9 Å². The first-order valence-corrected chi connectivity index (χ1v) is 12.6. The second kappa shape index (κ2) is 13.4. The van der Waals surface area contributed by atoms with Gasteiger partial charge in [-0.25, -0.2) is 9.69 Å². The van der Waals surface area contributed by atoms with Crippen molar-refractivity contribution in [1.29, 1.82) is 0 Å². The van der Waals surface area contributed by atoms with Gasteiger partial charge >= 0.3 is 6.09 Å². The Bertz CT molecular complexity index is 1140. The topological polar surface area (TPSA) is 148 Å². The average molecular weight is 523 g/mol. The molecular formula is C28H34N4O6. The zero-order chi connectivity index (χ0) is 27.7. The van der Waals surface area contributed by atoms with E-state index < -0.39 is 47.8 Å². The number of amides is 5. The summed E-state index contributed by atoms with van der Waals surface area (Å²) >= 11 is 0. The first kappa shape index (κ1) is 28.4. The predicted octanol–water partition coefficient (Wildman–Crippen LogP) is 2.06. The minimum atomic E-state index is -1.11. The molecule has 0 spiro atoms. The van der Waals surface area contributed by atoms with Crippen LogP contribution in [0.3, 0.4) is 0 Å². The SMILES string of the molecule is CC(C)C[C@H](NC(=O)[C@H]1CCC(=O)N1C(=O)OCc1ccccc1)C(=O)N[C@@H](Cc1ccccc1)C(N)=O. The van der Waals surface area contributed by atoms with E-state index in [4.69, 9.17) is 10.5 Å². The van der Waals surface area contributed by atoms with Gasteiger partial charge in [0, 0.05) is 12.8 Å². The molecule has 1 fully saturated rings. The Morgan fingerprint density at radius 1 is 0.947 bits per heavy atom. The molecule has 2 aromatic carbocycles. The number of rotatable bonds is 11. The number of carbonyl (C=O) groups excluding carboxylic acids is 5. The third-order valence-corrected chi connectivity index (χ3v) is 6.20. The third-order valence-electron chi connectivity index (χ3n) is 6.20. The van der Waals surface area contributed by atoms with Crippen molar-refractivity contribution in [3.63, 3.8) is 0 Å². The molecule has 2 aromatic rings. The molecule has 38 heavy (non-hydrogen) atoms. The first-order valence-electron chi connectivity index (χ1n) is 12.6. The molecule has 3 atom stereocenters. The highest BCUT2D eigenvalue weighted by Gasteiger charge is 2.42. The van der Waals surface area contributed by atoms with Crippen molar-refractivity contribution in [2.75, 3.05) is 0 Å². The van der Waals surface area contributed by atoms with Crippen LogP contribution in [0.1, 0.15) is 44.2 Å². The molecule has 10 heteroatoms. The number of carbonyl (C=O) groups is 5. The number of nitrogens with zero attached hydrogens (tertiary/aromatic N) is 1. The van der Waals surface area contributed by atoms with Crippen molar-refractivity contribution in [3.8, 4) is 0 Å². The molecule has 0 saturated carbocycles. The summed E-state index contributed by atoms with van der Waals surface area (Å²) in [7, 11) is 0.